The molecular formula is C19H22N4O2S2. The largest absolute Gasteiger partial charge is 0.356 e. The van der Waals surface area contributed by atoms with Crippen LogP contribution in [0.15, 0.2) is 34.5 Å². The van der Waals surface area contributed by atoms with Crippen LogP contribution in [-0.4, -0.2) is 31.5 Å². The molecule has 4 rings (SSSR count). The van der Waals surface area contributed by atoms with E-state index in [-0.39, 0.29) is 6.54 Å². The summed E-state index contributed by atoms with van der Waals surface area (Å²) in [4.78, 5) is 12.6. The molecule has 0 spiro atoms. The number of nitrogens with zero attached hydrogens (tertiary/aromatic N) is 3. The van der Waals surface area contributed by atoms with Crippen molar-refractivity contribution in [1.82, 2.24) is 14.7 Å². The summed E-state index contributed by atoms with van der Waals surface area (Å²) < 4.78 is 28.0. The topological polar surface area (TPSA) is 75.2 Å². The van der Waals surface area contributed by atoms with Crippen molar-refractivity contribution in [2.24, 2.45) is 0 Å². The molecule has 0 saturated carbocycles. The van der Waals surface area contributed by atoms with Crippen LogP contribution in [0, 0.1) is 13.8 Å². The maximum atomic E-state index is 12.5. The van der Waals surface area contributed by atoms with Gasteiger partial charge in [-0.3, -0.25) is 0 Å². The second-order valence-electron chi connectivity index (χ2n) is 6.82. The third kappa shape index (κ3) is 3.69. The molecule has 6 nitrogen and oxygen atoms in total. The van der Waals surface area contributed by atoms with E-state index in [1.54, 1.807) is 12.1 Å². The second kappa shape index (κ2) is 7.18. The van der Waals surface area contributed by atoms with E-state index in [1.165, 1.54) is 11.3 Å². The zero-order chi connectivity index (χ0) is 19.0. The van der Waals surface area contributed by atoms with E-state index in [4.69, 9.17) is 4.98 Å². The molecule has 3 heterocycles. The first-order valence-corrected chi connectivity index (χ1v) is 11.3. The van der Waals surface area contributed by atoms with Crippen LogP contribution < -0.4 is 9.62 Å². The molecular weight excluding hydrogens is 380 g/mol. The summed E-state index contributed by atoms with van der Waals surface area (Å²) in [5, 5.41) is 1.03. The number of para-hydroxylation sites is 1. The Morgan fingerprint density at radius 1 is 1.11 bits per heavy atom. The molecule has 142 valence electrons. The number of aromatic nitrogens is 2. The zero-order valence-electron chi connectivity index (χ0n) is 15.4. The van der Waals surface area contributed by atoms with Crippen molar-refractivity contribution in [3.8, 4) is 0 Å². The summed E-state index contributed by atoms with van der Waals surface area (Å²) in [5.41, 5.74) is 1.95. The maximum absolute atomic E-state index is 12.5. The van der Waals surface area contributed by atoms with Crippen LogP contribution in [-0.2, 0) is 16.6 Å². The van der Waals surface area contributed by atoms with E-state index in [9.17, 15) is 8.42 Å². The van der Waals surface area contributed by atoms with Gasteiger partial charge in [0, 0.05) is 23.4 Å². The Hall–Kier alpha value is -2.03. The standard InChI is InChI=1S/C19H22N4O2S2/c1-13-6-5-7-15-18(13)21-16(22-19(15)23-10-3-4-11-23)12-20-27(24,25)17-9-8-14(2)26-17/h5-9,20H,3-4,10-12H2,1-2H3. The van der Waals surface area contributed by atoms with E-state index >= 15 is 0 Å². The molecule has 8 heteroatoms. The monoisotopic (exact) mass is 402 g/mol. The van der Waals surface area contributed by atoms with Gasteiger partial charge in [-0.05, 0) is 50.5 Å². The van der Waals surface area contributed by atoms with Crippen LogP contribution in [0.25, 0.3) is 10.9 Å². The fourth-order valence-electron chi connectivity index (χ4n) is 3.36. The highest BCUT2D eigenvalue weighted by molar-refractivity contribution is 7.91. The van der Waals surface area contributed by atoms with Gasteiger partial charge >= 0.3 is 0 Å². The molecule has 1 aromatic carbocycles. The van der Waals surface area contributed by atoms with Gasteiger partial charge in [-0.25, -0.2) is 23.1 Å². The van der Waals surface area contributed by atoms with Crippen molar-refractivity contribution in [3.63, 3.8) is 0 Å². The normalized spacial score (nSPS) is 15.0. The number of hydrogen-bond donors (Lipinski definition) is 1. The van der Waals surface area contributed by atoms with Gasteiger partial charge in [-0.15, -0.1) is 11.3 Å². The molecule has 0 atom stereocenters. The summed E-state index contributed by atoms with van der Waals surface area (Å²) >= 11 is 1.26. The SMILES string of the molecule is Cc1ccc(S(=O)(=O)NCc2nc(N3CCCC3)c3cccc(C)c3n2)s1. The molecule has 0 radical (unpaired) electrons. The molecule has 0 aliphatic carbocycles. The molecule has 1 saturated heterocycles. The number of hydrogen-bond acceptors (Lipinski definition) is 6. The van der Waals surface area contributed by atoms with Gasteiger partial charge in [-0.2, -0.15) is 0 Å². The van der Waals surface area contributed by atoms with Crippen LogP contribution in [0.3, 0.4) is 0 Å². The van der Waals surface area contributed by atoms with Gasteiger partial charge in [0.2, 0.25) is 10.0 Å². The Bertz CT molecular complexity index is 1090. The van der Waals surface area contributed by atoms with E-state index in [1.807, 2.05) is 32.0 Å². The molecule has 0 unspecified atom stereocenters. The third-order valence-electron chi connectivity index (χ3n) is 4.76. The number of sulfonamides is 1. The highest BCUT2D eigenvalue weighted by atomic mass is 32.2. The number of thiophene rings is 1. The van der Waals surface area contributed by atoms with Crippen LogP contribution in [0.2, 0.25) is 0 Å². The lowest BCUT2D eigenvalue weighted by atomic mass is 10.1. The van der Waals surface area contributed by atoms with Gasteiger partial charge in [0.1, 0.15) is 15.9 Å². The Morgan fingerprint density at radius 2 is 1.89 bits per heavy atom. The molecule has 1 aliphatic rings. The number of rotatable bonds is 5. The Morgan fingerprint density at radius 3 is 2.59 bits per heavy atom. The fourth-order valence-corrected chi connectivity index (χ4v) is 5.67. The molecule has 0 amide bonds. The van der Waals surface area contributed by atoms with E-state index in [0.29, 0.717) is 10.0 Å². The van der Waals surface area contributed by atoms with E-state index < -0.39 is 10.0 Å². The van der Waals surface area contributed by atoms with Gasteiger partial charge in [-0.1, -0.05) is 12.1 Å². The summed E-state index contributed by atoms with van der Waals surface area (Å²) in [6.07, 6.45) is 2.30. The number of aryl methyl sites for hydroxylation is 2. The molecule has 1 fully saturated rings. The molecule has 27 heavy (non-hydrogen) atoms. The molecule has 2 aromatic heterocycles. The summed E-state index contributed by atoms with van der Waals surface area (Å²) in [7, 11) is -3.56. The van der Waals surface area contributed by atoms with Crippen molar-refractivity contribution in [3.05, 3.63) is 46.6 Å². The van der Waals surface area contributed by atoms with Crippen LogP contribution >= 0.6 is 11.3 Å². The smallest absolute Gasteiger partial charge is 0.250 e. The maximum Gasteiger partial charge on any atom is 0.250 e. The van der Waals surface area contributed by atoms with Crippen LogP contribution in [0.4, 0.5) is 5.82 Å². The highest BCUT2D eigenvalue weighted by Gasteiger charge is 2.20. The average Bonchev–Trinajstić information content (AvgIpc) is 3.32. The summed E-state index contributed by atoms with van der Waals surface area (Å²) in [6.45, 7) is 5.93. The van der Waals surface area contributed by atoms with E-state index in [0.717, 1.165) is 53.1 Å². The first-order valence-electron chi connectivity index (χ1n) is 9.01. The van der Waals surface area contributed by atoms with Gasteiger partial charge in [0.15, 0.2) is 0 Å². The first-order chi connectivity index (χ1) is 12.9. The molecule has 3 aromatic rings. The predicted octanol–water partition coefficient (Wildman–Crippen LogP) is 3.39. The van der Waals surface area contributed by atoms with Gasteiger partial charge in [0.25, 0.3) is 0 Å². The minimum atomic E-state index is -3.56. The number of nitrogens with one attached hydrogen (secondary N) is 1. The van der Waals surface area contributed by atoms with Crippen LogP contribution in [0.1, 0.15) is 29.1 Å². The van der Waals surface area contributed by atoms with Crippen molar-refractivity contribution in [2.45, 2.75) is 37.4 Å². The van der Waals surface area contributed by atoms with Crippen LogP contribution in [0.5, 0.6) is 0 Å². The second-order valence-corrected chi connectivity index (χ2v) is 10.1. The lowest BCUT2D eigenvalue weighted by molar-refractivity contribution is 0.581. The number of anilines is 1. The summed E-state index contributed by atoms with van der Waals surface area (Å²) in [5.74, 6) is 1.40. The van der Waals surface area contributed by atoms with Gasteiger partial charge in [0.05, 0.1) is 12.1 Å². The average molecular weight is 403 g/mol. The molecule has 0 bridgehead atoms. The van der Waals surface area contributed by atoms with Crippen molar-refractivity contribution in [2.75, 3.05) is 18.0 Å². The lowest BCUT2D eigenvalue weighted by Crippen LogP contribution is -2.25. The van der Waals surface area contributed by atoms with Crippen molar-refractivity contribution < 1.29 is 8.42 Å². The fraction of sp³-hybridized carbons (Fsp3) is 0.368. The summed E-state index contributed by atoms with van der Waals surface area (Å²) in [6, 6.07) is 9.51. The Labute approximate surface area is 163 Å². The van der Waals surface area contributed by atoms with Gasteiger partial charge < -0.3 is 4.90 Å². The Kier molecular flexibility index (Phi) is 4.88. The zero-order valence-corrected chi connectivity index (χ0v) is 17.0. The number of benzene rings is 1. The first kappa shape index (κ1) is 18.3. The quantitative estimate of drug-likeness (QED) is 0.708. The predicted molar refractivity (Wildman–Crippen MR) is 109 cm³/mol. The third-order valence-corrected chi connectivity index (χ3v) is 7.65. The lowest BCUT2D eigenvalue weighted by Gasteiger charge is -2.20. The minimum Gasteiger partial charge on any atom is -0.356 e. The highest BCUT2D eigenvalue weighted by Crippen LogP contribution is 2.28. The Balaban J connectivity index is 1.68. The molecule has 1 N–H and O–H groups in total. The molecule has 1 aliphatic heterocycles. The van der Waals surface area contributed by atoms with E-state index in [2.05, 4.69) is 14.6 Å². The minimum absolute atomic E-state index is 0.0738. The number of fused-ring (bicyclic) bond motifs is 1. The van der Waals surface area contributed by atoms with Crippen molar-refractivity contribution >= 4 is 38.1 Å². The van der Waals surface area contributed by atoms with Crippen molar-refractivity contribution in [1.29, 1.82) is 0 Å².